The molecule has 8 nitrogen and oxygen atoms in total. The molecule has 4 aromatic rings. The Bertz CT molecular complexity index is 1230. The number of hydrogen-bond donors (Lipinski definition) is 1. The highest BCUT2D eigenvalue weighted by molar-refractivity contribution is 5.97. The first-order valence-corrected chi connectivity index (χ1v) is 8.37. The molecule has 3 aromatic heterocycles. The number of benzene rings is 1. The van der Waals surface area contributed by atoms with Crippen molar-refractivity contribution < 1.29 is 0 Å². The van der Waals surface area contributed by atoms with Crippen LogP contribution in [0.1, 0.15) is 11.3 Å². The second-order valence-electron chi connectivity index (χ2n) is 6.81. The van der Waals surface area contributed by atoms with Crippen LogP contribution in [0.25, 0.3) is 33.2 Å². The summed E-state index contributed by atoms with van der Waals surface area (Å²) in [6.45, 7) is 4.08. The van der Waals surface area contributed by atoms with Gasteiger partial charge in [0, 0.05) is 44.8 Å². The van der Waals surface area contributed by atoms with Crippen LogP contribution in [0.2, 0.25) is 0 Å². The molecule has 0 fully saturated rings. The number of anilines is 1. The average molecular weight is 351 g/mol. The molecule has 0 radical (unpaired) electrons. The quantitative estimate of drug-likeness (QED) is 0.596. The first kappa shape index (κ1) is 16.3. The summed E-state index contributed by atoms with van der Waals surface area (Å²) in [6.07, 6.45) is 0. The Morgan fingerprint density at radius 3 is 2.54 bits per heavy atom. The van der Waals surface area contributed by atoms with Crippen LogP contribution in [0.15, 0.2) is 16.9 Å². The maximum Gasteiger partial charge on any atom is 0.266 e. The van der Waals surface area contributed by atoms with Crippen LogP contribution >= 0.6 is 0 Å². The topological polar surface area (TPSA) is 84.6 Å². The van der Waals surface area contributed by atoms with Crippen molar-refractivity contribution in [3.63, 3.8) is 0 Å². The van der Waals surface area contributed by atoms with E-state index in [0.717, 1.165) is 27.7 Å². The van der Waals surface area contributed by atoms with Crippen molar-refractivity contribution in [1.82, 2.24) is 29.5 Å². The molecule has 134 valence electrons. The molecule has 0 aliphatic carbocycles. The third-order valence-corrected chi connectivity index (χ3v) is 4.98. The third kappa shape index (κ3) is 2.08. The minimum atomic E-state index is -0.121. The van der Waals surface area contributed by atoms with E-state index in [1.807, 2.05) is 51.8 Å². The fourth-order valence-corrected chi connectivity index (χ4v) is 3.54. The van der Waals surface area contributed by atoms with E-state index < -0.39 is 0 Å². The van der Waals surface area contributed by atoms with Gasteiger partial charge in [-0.1, -0.05) is 6.07 Å². The summed E-state index contributed by atoms with van der Waals surface area (Å²) in [4.78, 5) is 19.3. The number of hydrogen-bond acceptors (Lipinski definition) is 5. The van der Waals surface area contributed by atoms with Gasteiger partial charge in [-0.3, -0.25) is 19.1 Å². The second kappa shape index (κ2) is 5.42. The number of nitrogens with zero attached hydrogens (tertiary/aromatic N) is 6. The number of nitrogens with one attached hydrogen (secondary N) is 1. The number of fused-ring (bicyclic) bond motifs is 2. The molecule has 0 spiro atoms. The highest BCUT2D eigenvalue weighted by Gasteiger charge is 2.20. The Morgan fingerprint density at radius 2 is 1.85 bits per heavy atom. The van der Waals surface area contributed by atoms with Crippen LogP contribution in [0.5, 0.6) is 0 Å². The first-order chi connectivity index (χ1) is 12.3. The third-order valence-electron chi connectivity index (χ3n) is 4.98. The van der Waals surface area contributed by atoms with Crippen molar-refractivity contribution in [2.45, 2.75) is 13.8 Å². The second-order valence-corrected chi connectivity index (χ2v) is 6.81. The minimum absolute atomic E-state index is 0.121. The van der Waals surface area contributed by atoms with E-state index >= 15 is 0 Å². The number of aromatic amines is 1. The SMILES string of the molecule is Cc1c(-c2n[nH]c3nc(N(C)C)n(C)c(=O)c23)ccc2nn(C)c(C)c12. The highest BCUT2D eigenvalue weighted by Crippen LogP contribution is 2.32. The molecule has 26 heavy (non-hydrogen) atoms. The largest absolute Gasteiger partial charge is 0.348 e. The van der Waals surface area contributed by atoms with E-state index in [4.69, 9.17) is 0 Å². The summed E-state index contributed by atoms with van der Waals surface area (Å²) >= 11 is 0. The van der Waals surface area contributed by atoms with Gasteiger partial charge in [0.2, 0.25) is 5.95 Å². The normalized spacial score (nSPS) is 11.6. The fourth-order valence-electron chi connectivity index (χ4n) is 3.54. The zero-order valence-electron chi connectivity index (χ0n) is 15.7. The molecular weight excluding hydrogens is 330 g/mol. The van der Waals surface area contributed by atoms with Gasteiger partial charge in [0.1, 0.15) is 11.1 Å². The number of rotatable bonds is 2. The molecule has 0 atom stereocenters. The zero-order chi connectivity index (χ0) is 18.7. The Balaban J connectivity index is 2.06. The van der Waals surface area contributed by atoms with Gasteiger partial charge in [0.15, 0.2) is 5.65 Å². The molecule has 0 saturated heterocycles. The molecule has 8 heteroatoms. The Hall–Kier alpha value is -3.16. The van der Waals surface area contributed by atoms with E-state index in [9.17, 15) is 4.79 Å². The van der Waals surface area contributed by atoms with E-state index in [1.165, 1.54) is 0 Å². The Labute approximate surface area is 150 Å². The molecule has 4 rings (SSSR count). The van der Waals surface area contributed by atoms with Crippen LogP contribution in [-0.2, 0) is 14.1 Å². The van der Waals surface area contributed by atoms with Gasteiger partial charge in [-0.25, -0.2) is 0 Å². The standard InChI is InChI=1S/C18H21N7O/c1-9-11(7-8-12-13(9)10(2)25(6)22-12)15-14-16(21-20-15)19-18(23(3)4)24(5)17(14)26/h7-8H,1-6H3,(H,20,21). The Morgan fingerprint density at radius 1 is 1.12 bits per heavy atom. The number of aromatic nitrogens is 6. The molecule has 0 unspecified atom stereocenters. The molecule has 1 aromatic carbocycles. The molecule has 0 saturated carbocycles. The van der Waals surface area contributed by atoms with Crippen LogP contribution in [0.4, 0.5) is 5.95 Å². The van der Waals surface area contributed by atoms with Gasteiger partial charge in [0.25, 0.3) is 5.56 Å². The van der Waals surface area contributed by atoms with Crippen LogP contribution in [-0.4, -0.2) is 43.6 Å². The predicted octanol–water partition coefficient (Wildman–Crippen LogP) is 1.89. The van der Waals surface area contributed by atoms with Crippen molar-refractivity contribution in [2.24, 2.45) is 14.1 Å². The summed E-state index contributed by atoms with van der Waals surface area (Å²) in [6, 6.07) is 3.94. The molecule has 0 bridgehead atoms. The van der Waals surface area contributed by atoms with Crippen molar-refractivity contribution in [2.75, 3.05) is 19.0 Å². The smallest absolute Gasteiger partial charge is 0.266 e. The summed E-state index contributed by atoms with van der Waals surface area (Å²) in [5.74, 6) is 0.577. The summed E-state index contributed by atoms with van der Waals surface area (Å²) < 4.78 is 3.42. The first-order valence-electron chi connectivity index (χ1n) is 8.37. The lowest BCUT2D eigenvalue weighted by Gasteiger charge is -2.14. The summed E-state index contributed by atoms with van der Waals surface area (Å²) in [5.41, 5.74) is 4.99. The maximum atomic E-state index is 13.0. The van der Waals surface area contributed by atoms with Gasteiger partial charge >= 0.3 is 0 Å². The predicted molar refractivity (Wildman–Crippen MR) is 103 cm³/mol. The lowest BCUT2D eigenvalue weighted by atomic mass is 9.99. The molecule has 1 N–H and O–H groups in total. The van der Waals surface area contributed by atoms with Crippen LogP contribution in [0.3, 0.4) is 0 Å². The van der Waals surface area contributed by atoms with E-state index in [2.05, 4.69) is 20.3 Å². The van der Waals surface area contributed by atoms with Crippen molar-refractivity contribution >= 4 is 27.9 Å². The maximum absolute atomic E-state index is 13.0. The summed E-state index contributed by atoms with van der Waals surface area (Å²) in [7, 11) is 7.37. The van der Waals surface area contributed by atoms with Crippen LogP contribution < -0.4 is 10.5 Å². The van der Waals surface area contributed by atoms with Gasteiger partial charge < -0.3 is 4.90 Å². The Kier molecular flexibility index (Phi) is 3.40. The summed E-state index contributed by atoms with van der Waals surface area (Å²) in [5, 5.41) is 13.5. The number of H-pyrrole nitrogens is 1. The van der Waals surface area contributed by atoms with E-state index in [1.54, 1.807) is 16.5 Å². The van der Waals surface area contributed by atoms with E-state index in [0.29, 0.717) is 22.7 Å². The average Bonchev–Trinajstić information content (AvgIpc) is 3.13. The minimum Gasteiger partial charge on any atom is -0.348 e. The van der Waals surface area contributed by atoms with Gasteiger partial charge in [-0.15, -0.1) is 0 Å². The number of aryl methyl sites for hydroxylation is 3. The van der Waals surface area contributed by atoms with Gasteiger partial charge in [-0.2, -0.15) is 15.2 Å². The molecule has 0 aliphatic rings. The fraction of sp³-hybridized carbons (Fsp3) is 0.333. The van der Waals surface area contributed by atoms with E-state index in [-0.39, 0.29) is 5.56 Å². The molecule has 0 amide bonds. The molecular formula is C18H21N7O. The molecule has 3 heterocycles. The van der Waals surface area contributed by atoms with Crippen molar-refractivity contribution in [1.29, 1.82) is 0 Å². The van der Waals surface area contributed by atoms with Crippen molar-refractivity contribution in [3.8, 4) is 11.3 Å². The lowest BCUT2D eigenvalue weighted by molar-refractivity contribution is 0.751. The molecule has 0 aliphatic heterocycles. The highest BCUT2D eigenvalue weighted by atomic mass is 16.1. The van der Waals surface area contributed by atoms with Gasteiger partial charge in [0.05, 0.1) is 5.52 Å². The van der Waals surface area contributed by atoms with Gasteiger partial charge in [-0.05, 0) is 25.5 Å². The van der Waals surface area contributed by atoms with Crippen molar-refractivity contribution in [3.05, 3.63) is 33.7 Å². The van der Waals surface area contributed by atoms with Crippen LogP contribution in [0, 0.1) is 13.8 Å². The zero-order valence-corrected chi connectivity index (χ0v) is 15.7. The monoisotopic (exact) mass is 351 g/mol. The lowest BCUT2D eigenvalue weighted by Crippen LogP contribution is -2.26.